The van der Waals surface area contributed by atoms with Crippen molar-refractivity contribution in [2.75, 3.05) is 12.4 Å². The number of sulfonamides is 1. The van der Waals surface area contributed by atoms with Crippen molar-refractivity contribution in [3.63, 3.8) is 0 Å². The zero-order valence-corrected chi connectivity index (χ0v) is 13.5. The Morgan fingerprint density at radius 2 is 2.11 bits per heavy atom. The van der Waals surface area contributed by atoms with Gasteiger partial charge in [-0.25, -0.2) is 13.1 Å². The van der Waals surface area contributed by atoms with Crippen LogP contribution in [0.3, 0.4) is 0 Å². The standard InChI is InChI=1S/C12H16BrClN2O2S/c13-11-4-12(8-15-7-11)19(17,18)16-6-10-3-1-2-9(10)5-14/h4,7-10,16H,1-3,5-6H2. The predicted octanol–water partition coefficient (Wildman–Crippen LogP) is 2.78. The van der Waals surface area contributed by atoms with E-state index in [9.17, 15) is 8.42 Å². The molecule has 1 aromatic heterocycles. The average Bonchev–Trinajstić information content (AvgIpc) is 2.84. The molecule has 1 aliphatic rings. The fourth-order valence-electron chi connectivity index (χ4n) is 2.42. The summed E-state index contributed by atoms with van der Waals surface area (Å²) in [5.74, 6) is 1.36. The summed E-state index contributed by atoms with van der Waals surface area (Å²) in [5.41, 5.74) is 0. The topological polar surface area (TPSA) is 59.1 Å². The minimum atomic E-state index is -3.49. The van der Waals surface area contributed by atoms with Crippen LogP contribution in [-0.2, 0) is 10.0 Å². The Morgan fingerprint density at radius 1 is 1.37 bits per heavy atom. The number of pyridine rings is 1. The number of nitrogens with zero attached hydrogens (tertiary/aromatic N) is 1. The number of alkyl halides is 1. The van der Waals surface area contributed by atoms with Gasteiger partial charge in [0.2, 0.25) is 10.0 Å². The quantitative estimate of drug-likeness (QED) is 0.814. The second-order valence-corrected chi connectivity index (χ2v) is 7.79. The van der Waals surface area contributed by atoms with E-state index in [1.165, 1.54) is 6.20 Å². The molecule has 0 radical (unpaired) electrons. The monoisotopic (exact) mass is 366 g/mol. The Balaban J connectivity index is 2.02. The summed E-state index contributed by atoms with van der Waals surface area (Å²) in [7, 11) is -3.49. The van der Waals surface area contributed by atoms with Crippen molar-refractivity contribution in [1.82, 2.24) is 9.71 Å². The van der Waals surface area contributed by atoms with Crippen molar-refractivity contribution in [3.8, 4) is 0 Å². The first-order valence-electron chi connectivity index (χ1n) is 6.19. The van der Waals surface area contributed by atoms with Gasteiger partial charge in [-0.15, -0.1) is 11.6 Å². The average molecular weight is 368 g/mol. The van der Waals surface area contributed by atoms with Crippen LogP contribution >= 0.6 is 27.5 Å². The molecule has 1 fully saturated rings. The van der Waals surface area contributed by atoms with Crippen LogP contribution in [0.15, 0.2) is 27.8 Å². The molecule has 2 rings (SSSR count). The number of nitrogens with one attached hydrogen (secondary N) is 1. The molecule has 1 aromatic rings. The number of hydrogen-bond donors (Lipinski definition) is 1. The van der Waals surface area contributed by atoms with Gasteiger partial charge in [0.1, 0.15) is 4.90 Å². The highest BCUT2D eigenvalue weighted by molar-refractivity contribution is 9.10. The summed E-state index contributed by atoms with van der Waals surface area (Å²) < 4.78 is 27.6. The minimum Gasteiger partial charge on any atom is -0.262 e. The molecule has 1 N–H and O–H groups in total. The Bertz CT molecular complexity index is 538. The fourth-order valence-corrected chi connectivity index (χ4v) is 4.43. The Morgan fingerprint density at radius 3 is 2.79 bits per heavy atom. The fraction of sp³-hybridized carbons (Fsp3) is 0.583. The second-order valence-electron chi connectivity index (χ2n) is 4.80. The molecule has 0 aliphatic heterocycles. The maximum atomic E-state index is 12.1. The molecule has 0 spiro atoms. The molecule has 1 aliphatic carbocycles. The van der Waals surface area contributed by atoms with E-state index in [-0.39, 0.29) is 4.90 Å². The first-order valence-corrected chi connectivity index (χ1v) is 9.00. The maximum Gasteiger partial charge on any atom is 0.242 e. The van der Waals surface area contributed by atoms with Crippen LogP contribution in [0.5, 0.6) is 0 Å². The molecule has 2 unspecified atom stereocenters. The molecule has 0 saturated heterocycles. The van der Waals surface area contributed by atoms with Gasteiger partial charge in [0, 0.05) is 29.3 Å². The van der Waals surface area contributed by atoms with E-state index in [1.54, 1.807) is 12.3 Å². The van der Waals surface area contributed by atoms with Gasteiger partial charge in [-0.05, 0) is 46.7 Å². The predicted molar refractivity (Wildman–Crippen MR) is 78.7 cm³/mol. The van der Waals surface area contributed by atoms with Gasteiger partial charge in [0.25, 0.3) is 0 Å². The highest BCUT2D eigenvalue weighted by atomic mass is 79.9. The van der Waals surface area contributed by atoms with Crippen LogP contribution in [0.4, 0.5) is 0 Å². The molecule has 19 heavy (non-hydrogen) atoms. The van der Waals surface area contributed by atoms with Gasteiger partial charge >= 0.3 is 0 Å². The Hall–Kier alpha value is -0.170. The van der Waals surface area contributed by atoms with Gasteiger partial charge in [-0.2, -0.15) is 0 Å². The molecule has 0 bridgehead atoms. The summed E-state index contributed by atoms with van der Waals surface area (Å²) in [6.45, 7) is 0.451. The number of halogens is 2. The lowest BCUT2D eigenvalue weighted by molar-refractivity contribution is 0.418. The Kier molecular flexibility index (Phi) is 5.22. The van der Waals surface area contributed by atoms with Gasteiger partial charge < -0.3 is 0 Å². The highest BCUT2D eigenvalue weighted by Crippen LogP contribution is 2.32. The smallest absolute Gasteiger partial charge is 0.242 e. The molecule has 7 heteroatoms. The highest BCUT2D eigenvalue weighted by Gasteiger charge is 2.28. The van der Waals surface area contributed by atoms with Gasteiger partial charge in [-0.3, -0.25) is 4.98 Å². The molecule has 1 heterocycles. The number of rotatable bonds is 5. The van der Waals surface area contributed by atoms with E-state index in [1.807, 2.05) is 0 Å². The van der Waals surface area contributed by atoms with Crippen LogP contribution in [0.25, 0.3) is 0 Å². The summed E-state index contributed by atoms with van der Waals surface area (Å²) >= 11 is 9.12. The van der Waals surface area contributed by atoms with Crippen molar-refractivity contribution >= 4 is 37.6 Å². The molecular formula is C12H16BrClN2O2S. The van der Waals surface area contributed by atoms with E-state index in [2.05, 4.69) is 25.6 Å². The van der Waals surface area contributed by atoms with Gasteiger partial charge in [0.05, 0.1) is 0 Å². The summed E-state index contributed by atoms with van der Waals surface area (Å²) in [6.07, 6.45) is 6.16. The number of aromatic nitrogens is 1. The SMILES string of the molecule is O=S(=O)(NCC1CCCC1CCl)c1cncc(Br)c1. The van der Waals surface area contributed by atoms with Crippen LogP contribution in [-0.4, -0.2) is 25.8 Å². The third-order valence-electron chi connectivity index (χ3n) is 3.54. The molecule has 4 nitrogen and oxygen atoms in total. The number of hydrogen-bond acceptors (Lipinski definition) is 3. The van der Waals surface area contributed by atoms with Crippen molar-refractivity contribution in [1.29, 1.82) is 0 Å². The van der Waals surface area contributed by atoms with E-state index in [0.29, 0.717) is 28.7 Å². The lowest BCUT2D eigenvalue weighted by Crippen LogP contribution is -2.31. The molecule has 106 valence electrons. The van der Waals surface area contributed by atoms with Crippen molar-refractivity contribution in [3.05, 3.63) is 22.9 Å². The zero-order chi connectivity index (χ0) is 13.9. The maximum absolute atomic E-state index is 12.1. The van der Waals surface area contributed by atoms with Crippen LogP contribution < -0.4 is 4.72 Å². The molecule has 2 atom stereocenters. The Labute approximate surface area is 127 Å². The summed E-state index contributed by atoms with van der Waals surface area (Å²) in [5, 5.41) is 0. The van der Waals surface area contributed by atoms with E-state index >= 15 is 0 Å². The normalized spacial score (nSPS) is 23.7. The largest absolute Gasteiger partial charge is 0.262 e. The van der Waals surface area contributed by atoms with E-state index < -0.39 is 10.0 Å². The van der Waals surface area contributed by atoms with E-state index in [4.69, 9.17) is 11.6 Å². The lowest BCUT2D eigenvalue weighted by Gasteiger charge is -2.17. The second kappa shape index (κ2) is 6.52. The third kappa shape index (κ3) is 3.90. The van der Waals surface area contributed by atoms with E-state index in [0.717, 1.165) is 19.3 Å². The first-order chi connectivity index (χ1) is 9.03. The third-order valence-corrected chi connectivity index (χ3v) is 5.76. The van der Waals surface area contributed by atoms with Gasteiger partial charge in [0.15, 0.2) is 0 Å². The van der Waals surface area contributed by atoms with Gasteiger partial charge in [-0.1, -0.05) is 6.42 Å². The van der Waals surface area contributed by atoms with Crippen LogP contribution in [0.1, 0.15) is 19.3 Å². The lowest BCUT2D eigenvalue weighted by atomic mass is 9.98. The first kappa shape index (κ1) is 15.2. The molecular weight excluding hydrogens is 352 g/mol. The summed E-state index contributed by atoms with van der Waals surface area (Å²) in [6, 6.07) is 1.54. The van der Waals surface area contributed by atoms with Crippen molar-refractivity contribution in [2.45, 2.75) is 24.2 Å². The van der Waals surface area contributed by atoms with Crippen molar-refractivity contribution < 1.29 is 8.42 Å². The minimum absolute atomic E-state index is 0.183. The molecule has 0 aromatic carbocycles. The zero-order valence-electron chi connectivity index (χ0n) is 10.4. The van der Waals surface area contributed by atoms with Crippen molar-refractivity contribution in [2.24, 2.45) is 11.8 Å². The molecule has 0 amide bonds. The molecule has 1 saturated carbocycles. The summed E-state index contributed by atoms with van der Waals surface area (Å²) in [4.78, 5) is 4.06. The van der Waals surface area contributed by atoms with Crippen LogP contribution in [0, 0.1) is 11.8 Å². The van der Waals surface area contributed by atoms with Crippen LogP contribution in [0.2, 0.25) is 0 Å².